The van der Waals surface area contributed by atoms with Gasteiger partial charge in [-0.25, -0.2) is 0 Å². The van der Waals surface area contributed by atoms with Gasteiger partial charge < -0.3 is 5.73 Å². The topological polar surface area (TPSA) is 64.7 Å². The SMILES string of the molecule is NCCc1cnc(-c2cccnc2)cn1. The fourth-order valence-corrected chi connectivity index (χ4v) is 1.30. The van der Waals surface area contributed by atoms with E-state index in [4.69, 9.17) is 5.73 Å². The van der Waals surface area contributed by atoms with E-state index in [1.54, 1.807) is 24.8 Å². The molecule has 4 heteroatoms. The highest BCUT2D eigenvalue weighted by atomic mass is 14.8. The Hall–Kier alpha value is -1.81. The summed E-state index contributed by atoms with van der Waals surface area (Å²) < 4.78 is 0. The van der Waals surface area contributed by atoms with E-state index in [1.165, 1.54) is 0 Å². The zero-order valence-electron chi connectivity index (χ0n) is 8.30. The number of aromatic nitrogens is 3. The van der Waals surface area contributed by atoms with Gasteiger partial charge in [0, 0.05) is 30.6 Å². The molecule has 4 nitrogen and oxygen atoms in total. The molecule has 0 saturated heterocycles. The molecular weight excluding hydrogens is 188 g/mol. The van der Waals surface area contributed by atoms with Crippen LogP contribution in [0.3, 0.4) is 0 Å². The van der Waals surface area contributed by atoms with E-state index in [0.717, 1.165) is 23.4 Å². The van der Waals surface area contributed by atoms with E-state index < -0.39 is 0 Å². The Balaban J connectivity index is 2.24. The molecule has 0 aromatic carbocycles. The van der Waals surface area contributed by atoms with Crippen molar-refractivity contribution in [3.8, 4) is 11.3 Å². The lowest BCUT2D eigenvalue weighted by Gasteiger charge is -2.00. The Labute approximate surface area is 88.2 Å². The molecule has 76 valence electrons. The van der Waals surface area contributed by atoms with Crippen molar-refractivity contribution in [1.29, 1.82) is 0 Å². The molecule has 0 aliphatic heterocycles. The van der Waals surface area contributed by atoms with E-state index in [0.29, 0.717) is 6.54 Å². The molecule has 2 aromatic heterocycles. The molecule has 0 aliphatic rings. The van der Waals surface area contributed by atoms with E-state index in [1.807, 2.05) is 12.1 Å². The van der Waals surface area contributed by atoms with E-state index in [-0.39, 0.29) is 0 Å². The zero-order chi connectivity index (χ0) is 10.5. The van der Waals surface area contributed by atoms with Gasteiger partial charge in [-0.05, 0) is 18.7 Å². The van der Waals surface area contributed by atoms with Gasteiger partial charge >= 0.3 is 0 Å². The highest BCUT2D eigenvalue weighted by Crippen LogP contribution is 2.13. The van der Waals surface area contributed by atoms with Gasteiger partial charge in [-0.2, -0.15) is 0 Å². The van der Waals surface area contributed by atoms with Crippen LogP contribution in [0.1, 0.15) is 5.69 Å². The molecule has 0 saturated carbocycles. The van der Waals surface area contributed by atoms with Crippen LogP contribution >= 0.6 is 0 Å². The van der Waals surface area contributed by atoms with Gasteiger partial charge in [0.15, 0.2) is 0 Å². The van der Waals surface area contributed by atoms with Gasteiger partial charge in [0.1, 0.15) is 0 Å². The average molecular weight is 200 g/mol. The van der Waals surface area contributed by atoms with Crippen LogP contribution in [0.2, 0.25) is 0 Å². The summed E-state index contributed by atoms with van der Waals surface area (Å²) in [5, 5.41) is 0. The molecular formula is C11H12N4. The van der Waals surface area contributed by atoms with Crippen molar-refractivity contribution in [3.05, 3.63) is 42.6 Å². The number of hydrogen-bond donors (Lipinski definition) is 1. The molecule has 15 heavy (non-hydrogen) atoms. The molecule has 0 bridgehead atoms. The first-order valence-corrected chi connectivity index (χ1v) is 4.81. The lowest BCUT2D eigenvalue weighted by Crippen LogP contribution is -2.04. The number of rotatable bonds is 3. The first kappa shape index (κ1) is 9.73. The van der Waals surface area contributed by atoms with E-state index in [2.05, 4.69) is 15.0 Å². The Kier molecular flexibility index (Phi) is 2.99. The predicted octanol–water partition coefficient (Wildman–Crippen LogP) is 1.04. The monoisotopic (exact) mass is 200 g/mol. The summed E-state index contributed by atoms with van der Waals surface area (Å²) in [6.07, 6.45) is 7.78. The summed E-state index contributed by atoms with van der Waals surface area (Å²) >= 11 is 0. The van der Waals surface area contributed by atoms with Crippen LogP contribution < -0.4 is 5.73 Å². The quantitative estimate of drug-likeness (QED) is 0.804. The third kappa shape index (κ3) is 2.35. The van der Waals surface area contributed by atoms with Crippen molar-refractivity contribution in [2.24, 2.45) is 5.73 Å². The van der Waals surface area contributed by atoms with Gasteiger partial charge in [-0.15, -0.1) is 0 Å². The molecule has 0 atom stereocenters. The van der Waals surface area contributed by atoms with Crippen molar-refractivity contribution in [1.82, 2.24) is 15.0 Å². The third-order valence-electron chi connectivity index (χ3n) is 2.06. The van der Waals surface area contributed by atoms with Crippen molar-refractivity contribution in [3.63, 3.8) is 0 Å². The maximum Gasteiger partial charge on any atom is 0.0900 e. The first-order valence-electron chi connectivity index (χ1n) is 4.81. The minimum Gasteiger partial charge on any atom is -0.330 e. The second kappa shape index (κ2) is 4.61. The van der Waals surface area contributed by atoms with Crippen LogP contribution in [0.15, 0.2) is 36.9 Å². The van der Waals surface area contributed by atoms with Crippen LogP contribution in [0.25, 0.3) is 11.3 Å². The normalized spacial score (nSPS) is 10.2. The molecule has 2 aromatic rings. The Morgan fingerprint density at radius 3 is 2.67 bits per heavy atom. The van der Waals surface area contributed by atoms with Crippen molar-refractivity contribution in [2.75, 3.05) is 6.54 Å². The summed E-state index contributed by atoms with van der Waals surface area (Å²) in [5.41, 5.74) is 8.17. The molecule has 0 fully saturated rings. The molecule has 0 unspecified atom stereocenters. The lowest BCUT2D eigenvalue weighted by molar-refractivity contribution is 0.909. The van der Waals surface area contributed by atoms with Crippen LogP contribution in [-0.2, 0) is 6.42 Å². The summed E-state index contributed by atoms with van der Waals surface area (Å²) in [4.78, 5) is 12.6. The zero-order valence-corrected chi connectivity index (χ0v) is 8.30. The second-order valence-electron chi connectivity index (χ2n) is 3.17. The molecule has 0 aliphatic carbocycles. The molecule has 0 spiro atoms. The average Bonchev–Trinajstić information content (AvgIpc) is 2.32. The largest absolute Gasteiger partial charge is 0.330 e. The van der Waals surface area contributed by atoms with Gasteiger partial charge in [-0.1, -0.05) is 0 Å². The van der Waals surface area contributed by atoms with Gasteiger partial charge in [0.25, 0.3) is 0 Å². The number of nitrogens with two attached hydrogens (primary N) is 1. The van der Waals surface area contributed by atoms with Gasteiger partial charge in [0.2, 0.25) is 0 Å². The van der Waals surface area contributed by atoms with Crippen LogP contribution in [0.4, 0.5) is 0 Å². The number of nitrogens with zero attached hydrogens (tertiary/aromatic N) is 3. The molecule has 0 radical (unpaired) electrons. The number of hydrogen-bond acceptors (Lipinski definition) is 4. The fraction of sp³-hybridized carbons (Fsp3) is 0.182. The standard InChI is InChI=1S/C11H12N4/c12-4-3-10-7-15-11(8-14-10)9-2-1-5-13-6-9/h1-2,5-8H,3-4,12H2. The summed E-state index contributed by atoms with van der Waals surface area (Å²) in [7, 11) is 0. The molecule has 2 N–H and O–H groups in total. The molecule has 2 heterocycles. The Bertz CT molecular complexity index is 410. The highest BCUT2D eigenvalue weighted by molar-refractivity contribution is 5.55. The maximum atomic E-state index is 5.43. The maximum absolute atomic E-state index is 5.43. The van der Waals surface area contributed by atoms with Crippen LogP contribution in [-0.4, -0.2) is 21.5 Å². The van der Waals surface area contributed by atoms with E-state index >= 15 is 0 Å². The van der Waals surface area contributed by atoms with Crippen molar-refractivity contribution < 1.29 is 0 Å². The molecule has 2 rings (SSSR count). The van der Waals surface area contributed by atoms with Gasteiger partial charge in [-0.3, -0.25) is 15.0 Å². The smallest absolute Gasteiger partial charge is 0.0900 e. The number of pyridine rings is 1. The fourth-order valence-electron chi connectivity index (χ4n) is 1.30. The summed E-state index contributed by atoms with van der Waals surface area (Å²) in [5.74, 6) is 0. The van der Waals surface area contributed by atoms with E-state index in [9.17, 15) is 0 Å². The minimum absolute atomic E-state index is 0.598. The van der Waals surface area contributed by atoms with Crippen LogP contribution in [0, 0.1) is 0 Å². The second-order valence-corrected chi connectivity index (χ2v) is 3.17. The molecule has 0 amide bonds. The summed E-state index contributed by atoms with van der Waals surface area (Å²) in [6, 6.07) is 3.84. The first-order chi connectivity index (χ1) is 7.40. The summed E-state index contributed by atoms with van der Waals surface area (Å²) in [6.45, 7) is 0.598. The lowest BCUT2D eigenvalue weighted by atomic mass is 10.2. The minimum atomic E-state index is 0.598. The highest BCUT2D eigenvalue weighted by Gasteiger charge is 1.99. The van der Waals surface area contributed by atoms with Gasteiger partial charge in [0.05, 0.1) is 17.6 Å². The predicted molar refractivity (Wildman–Crippen MR) is 58.0 cm³/mol. The Morgan fingerprint density at radius 1 is 1.13 bits per heavy atom. The van der Waals surface area contributed by atoms with Crippen LogP contribution in [0.5, 0.6) is 0 Å². The Morgan fingerprint density at radius 2 is 2.07 bits per heavy atom. The van der Waals surface area contributed by atoms with Crippen molar-refractivity contribution in [2.45, 2.75) is 6.42 Å². The van der Waals surface area contributed by atoms with Crippen molar-refractivity contribution >= 4 is 0 Å². The third-order valence-corrected chi connectivity index (χ3v) is 2.06.